The molecule has 2 aliphatic rings. The highest BCUT2D eigenvalue weighted by molar-refractivity contribution is 5.49. The lowest BCUT2D eigenvalue weighted by molar-refractivity contribution is 0.372. The number of aromatic nitrogens is 1. The second kappa shape index (κ2) is 4.76. The Hall–Kier alpha value is -1.29. The highest BCUT2D eigenvalue weighted by Gasteiger charge is 2.40. The van der Waals surface area contributed by atoms with Gasteiger partial charge in [0, 0.05) is 24.2 Å². The molecule has 1 aromatic rings. The van der Waals surface area contributed by atoms with E-state index in [-0.39, 0.29) is 0 Å². The van der Waals surface area contributed by atoms with Crippen LogP contribution in [-0.4, -0.2) is 37.3 Å². The van der Waals surface area contributed by atoms with Gasteiger partial charge in [-0.3, -0.25) is 0 Å². The van der Waals surface area contributed by atoms with Gasteiger partial charge in [-0.25, -0.2) is 4.98 Å². The highest BCUT2D eigenvalue weighted by Crippen LogP contribution is 2.39. The second-order valence-corrected chi connectivity index (χ2v) is 5.31. The summed E-state index contributed by atoms with van der Waals surface area (Å²) in [6, 6.07) is 6.13. The number of nitrogens with zero attached hydrogens (tertiary/aromatic N) is 2. The van der Waals surface area contributed by atoms with Crippen LogP contribution in [0.3, 0.4) is 0 Å². The Kier molecular flexibility index (Phi) is 3.12. The van der Waals surface area contributed by atoms with Gasteiger partial charge in [0.2, 0.25) is 5.88 Å². The largest absolute Gasteiger partial charge is 0.481 e. The molecule has 98 valence electrons. The van der Waals surface area contributed by atoms with Crippen molar-refractivity contribution in [3.8, 4) is 5.88 Å². The lowest BCUT2D eigenvalue weighted by Gasteiger charge is -2.40. The van der Waals surface area contributed by atoms with Crippen molar-refractivity contribution in [2.24, 2.45) is 0 Å². The summed E-state index contributed by atoms with van der Waals surface area (Å²) in [6.07, 6.45) is 7.08. The quantitative estimate of drug-likeness (QED) is 0.884. The third-order valence-electron chi connectivity index (χ3n) is 4.37. The number of hydrogen-bond donors (Lipinski definition) is 1. The van der Waals surface area contributed by atoms with Crippen molar-refractivity contribution in [3.63, 3.8) is 0 Å². The van der Waals surface area contributed by atoms with Crippen LogP contribution in [0.1, 0.15) is 25.7 Å². The number of piperidine rings is 1. The first-order valence-electron chi connectivity index (χ1n) is 6.77. The standard InChI is InChI=1S/C14H21N3O/c1-15-10-7-11-3-4-12(8-10)17(11)13-5-6-14(18-2)16-9-13/h5-6,9-12,15H,3-4,7-8H2,1-2H3. The normalized spacial score (nSPS) is 30.6. The van der Waals surface area contributed by atoms with Gasteiger partial charge in [-0.05, 0) is 38.8 Å². The molecular formula is C14H21N3O. The van der Waals surface area contributed by atoms with Crippen molar-refractivity contribution in [2.75, 3.05) is 19.1 Å². The van der Waals surface area contributed by atoms with Gasteiger partial charge in [0.15, 0.2) is 0 Å². The summed E-state index contributed by atoms with van der Waals surface area (Å²) in [5, 5.41) is 3.43. The van der Waals surface area contributed by atoms with E-state index in [1.807, 2.05) is 12.3 Å². The molecule has 2 aliphatic heterocycles. The van der Waals surface area contributed by atoms with E-state index in [4.69, 9.17) is 4.74 Å². The highest BCUT2D eigenvalue weighted by atomic mass is 16.5. The van der Waals surface area contributed by atoms with Crippen LogP contribution in [0, 0.1) is 0 Å². The third kappa shape index (κ3) is 1.94. The number of methoxy groups -OCH3 is 1. The number of pyridine rings is 1. The van der Waals surface area contributed by atoms with E-state index in [1.54, 1.807) is 7.11 Å². The molecule has 2 saturated heterocycles. The molecule has 2 unspecified atom stereocenters. The average Bonchev–Trinajstić information content (AvgIpc) is 2.69. The fourth-order valence-electron chi connectivity index (χ4n) is 3.48. The lowest BCUT2D eigenvalue weighted by Crippen LogP contribution is -2.48. The zero-order chi connectivity index (χ0) is 12.5. The molecule has 18 heavy (non-hydrogen) atoms. The first kappa shape index (κ1) is 11.8. The monoisotopic (exact) mass is 247 g/mol. The van der Waals surface area contributed by atoms with Crippen molar-refractivity contribution >= 4 is 5.69 Å². The van der Waals surface area contributed by atoms with E-state index in [9.17, 15) is 0 Å². The minimum absolute atomic E-state index is 0.677. The van der Waals surface area contributed by atoms with E-state index in [0.717, 1.165) is 0 Å². The Bertz CT molecular complexity index is 392. The molecular weight excluding hydrogens is 226 g/mol. The first-order chi connectivity index (χ1) is 8.81. The summed E-state index contributed by atoms with van der Waals surface area (Å²) in [5.74, 6) is 0.691. The number of rotatable bonds is 3. The van der Waals surface area contributed by atoms with Gasteiger partial charge >= 0.3 is 0 Å². The van der Waals surface area contributed by atoms with E-state index in [1.165, 1.54) is 31.4 Å². The molecule has 3 heterocycles. The molecule has 3 rings (SSSR count). The van der Waals surface area contributed by atoms with E-state index in [0.29, 0.717) is 24.0 Å². The van der Waals surface area contributed by atoms with Crippen LogP contribution < -0.4 is 15.0 Å². The molecule has 0 amide bonds. The van der Waals surface area contributed by atoms with Crippen molar-refractivity contribution in [2.45, 2.75) is 43.8 Å². The van der Waals surface area contributed by atoms with Crippen LogP contribution >= 0.6 is 0 Å². The number of ether oxygens (including phenoxy) is 1. The number of nitrogens with one attached hydrogen (secondary N) is 1. The zero-order valence-corrected chi connectivity index (χ0v) is 11.1. The number of anilines is 1. The van der Waals surface area contributed by atoms with Crippen LogP contribution in [0.25, 0.3) is 0 Å². The van der Waals surface area contributed by atoms with Crippen LogP contribution in [0.2, 0.25) is 0 Å². The summed E-state index contributed by atoms with van der Waals surface area (Å²) in [7, 11) is 3.73. The Morgan fingerprint density at radius 1 is 1.28 bits per heavy atom. The van der Waals surface area contributed by atoms with E-state index in [2.05, 4.69) is 28.3 Å². The molecule has 2 fully saturated rings. The zero-order valence-electron chi connectivity index (χ0n) is 11.1. The number of hydrogen-bond acceptors (Lipinski definition) is 4. The summed E-state index contributed by atoms with van der Waals surface area (Å²) in [5.41, 5.74) is 1.25. The fourth-order valence-corrected chi connectivity index (χ4v) is 3.48. The molecule has 4 heteroatoms. The Morgan fingerprint density at radius 2 is 2.00 bits per heavy atom. The van der Waals surface area contributed by atoms with Crippen molar-refractivity contribution in [1.82, 2.24) is 10.3 Å². The predicted octanol–water partition coefficient (Wildman–Crippen LogP) is 1.81. The maximum Gasteiger partial charge on any atom is 0.213 e. The average molecular weight is 247 g/mol. The molecule has 0 spiro atoms. The molecule has 1 N–H and O–H groups in total. The van der Waals surface area contributed by atoms with Crippen LogP contribution in [0.15, 0.2) is 18.3 Å². The maximum absolute atomic E-state index is 5.12. The molecule has 2 atom stereocenters. The summed E-state index contributed by atoms with van der Waals surface area (Å²) in [4.78, 5) is 6.90. The van der Waals surface area contributed by atoms with E-state index >= 15 is 0 Å². The molecule has 4 nitrogen and oxygen atoms in total. The molecule has 0 aliphatic carbocycles. The lowest BCUT2D eigenvalue weighted by atomic mass is 9.97. The van der Waals surface area contributed by atoms with Crippen LogP contribution in [-0.2, 0) is 0 Å². The maximum atomic E-state index is 5.12. The van der Waals surface area contributed by atoms with Gasteiger partial charge in [0.1, 0.15) is 0 Å². The Labute approximate surface area is 108 Å². The minimum atomic E-state index is 0.677. The van der Waals surface area contributed by atoms with Crippen LogP contribution in [0.4, 0.5) is 5.69 Å². The third-order valence-corrected chi connectivity index (χ3v) is 4.37. The summed E-state index contributed by atoms with van der Waals surface area (Å²) < 4.78 is 5.12. The smallest absolute Gasteiger partial charge is 0.213 e. The number of fused-ring (bicyclic) bond motifs is 2. The Morgan fingerprint density at radius 3 is 2.50 bits per heavy atom. The summed E-state index contributed by atoms with van der Waals surface area (Å²) in [6.45, 7) is 0. The first-order valence-corrected chi connectivity index (χ1v) is 6.77. The molecule has 1 aromatic heterocycles. The molecule has 0 saturated carbocycles. The van der Waals surface area contributed by atoms with Gasteiger partial charge < -0.3 is 15.0 Å². The Balaban J connectivity index is 1.80. The van der Waals surface area contributed by atoms with Gasteiger partial charge in [-0.15, -0.1) is 0 Å². The second-order valence-electron chi connectivity index (χ2n) is 5.31. The van der Waals surface area contributed by atoms with E-state index < -0.39 is 0 Å². The molecule has 0 radical (unpaired) electrons. The van der Waals surface area contributed by atoms with Crippen molar-refractivity contribution < 1.29 is 4.74 Å². The van der Waals surface area contributed by atoms with Crippen LogP contribution in [0.5, 0.6) is 5.88 Å². The summed E-state index contributed by atoms with van der Waals surface area (Å²) >= 11 is 0. The molecule has 2 bridgehead atoms. The van der Waals surface area contributed by atoms with Crippen molar-refractivity contribution in [1.29, 1.82) is 0 Å². The van der Waals surface area contributed by atoms with Gasteiger partial charge in [0.05, 0.1) is 19.0 Å². The SMILES string of the molecule is CNC1CC2CCC(C1)N2c1ccc(OC)nc1. The fraction of sp³-hybridized carbons (Fsp3) is 0.643. The minimum Gasteiger partial charge on any atom is -0.481 e. The van der Waals surface area contributed by atoms with Crippen molar-refractivity contribution in [3.05, 3.63) is 18.3 Å². The van der Waals surface area contributed by atoms with Gasteiger partial charge in [0.25, 0.3) is 0 Å². The van der Waals surface area contributed by atoms with Gasteiger partial charge in [-0.1, -0.05) is 0 Å². The van der Waals surface area contributed by atoms with Gasteiger partial charge in [-0.2, -0.15) is 0 Å². The predicted molar refractivity (Wildman–Crippen MR) is 72.2 cm³/mol. The topological polar surface area (TPSA) is 37.4 Å². The molecule has 0 aromatic carbocycles.